The van der Waals surface area contributed by atoms with E-state index in [2.05, 4.69) is 11.3 Å². The minimum absolute atomic E-state index is 0.497. The standard InChI is InChI=1S/C16H15F3O5/c1-2-15(7-3-4-8-15)24-14(22)23-12-9-10(13(20)21)5-6-11(12)16(17,18)19/h2,5-6,9H,1,3-4,7-8H2,(H,20,21)/p-1. The predicted octanol–water partition coefficient (Wildman–Crippen LogP) is 3.08. The second-order valence-electron chi connectivity index (χ2n) is 5.43. The molecule has 0 heterocycles. The Labute approximate surface area is 135 Å². The second-order valence-corrected chi connectivity index (χ2v) is 5.43. The molecule has 0 N–H and O–H groups in total. The Morgan fingerprint density at radius 3 is 2.38 bits per heavy atom. The van der Waals surface area contributed by atoms with Crippen LogP contribution in [-0.4, -0.2) is 17.7 Å². The fourth-order valence-electron chi connectivity index (χ4n) is 2.57. The molecule has 0 unspecified atom stereocenters. The molecule has 5 nitrogen and oxygen atoms in total. The highest BCUT2D eigenvalue weighted by Crippen LogP contribution is 2.38. The molecule has 2 rings (SSSR count). The highest BCUT2D eigenvalue weighted by Gasteiger charge is 2.38. The summed E-state index contributed by atoms with van der Waals surface area (Å²) in [5.74, 6) is -2.65. The lowest BCUT2D eigenvalue weighted by molar-refractivity contribution is -0.255. The van der Waals surface area contributed by atoms with Gasteiger partial charge in [-0.05, 0) is 43.9 Å². The third-order valence-electron chi connectivity index (χ3n) is 3.82. The quantitative estimate of drug-likeness (QED) is 0.477. The molecule has 0 bridgehead atoms. The van der Waals surface area contributed by atoms with Gasteiger partial charge in [-0.25, -0.2) is 4.79 Å². The van der Waals surface area contributed by atoms with Gasteiger partial charge in [0.05, 0.1) is 11.5 Å². The molecule has 0 amide bonds. The number of hydrogen-bond acceptors (Lipinski definition) is 5. The van der Waals surface area contributed by atoms with Gasteiger partial charge in [0.25, 0.3) is 0 Å². The lowest BCUT2D eigenvalue weighted by atomic mass is 10.0. The van der Waals surface area contributed by atoms with Crippen LogP contribution >= 0.6 is 0 Å². The third-order valence-corrected chi connectivity index (χ3v) is 3.82. The number of carboxylic acid groups (broad SMARTS) is 1. The zero-order valence-corrected chi connectivity index (χ0v) is 12.5. The average Bonchev–Trinajstić information content (AvgIpc) is 2.94. The average molecular weight is 343 g/mol. The van der Waals surface area contributed by atoms with Crippen molar-refractivity contribution in [1.82, 2.24) is 0 Å². The lowest BCUT2D eigenvalue weighted by Crippen LogP contribution is -2.31. The van der Waals surface area contributed by atoms with Crippen molar-refractivity contribution in [2.45, 2.75) is 37.5 Å². The van der Waals surface area contributed by atoms with Crippen molar-refractivity contribution in [3.05, 3.63) is 42.0 Å². The van der Waals surface area contributed by atoms with E-state index in [1.807, 2.05) is 0 Å². The van der Waals surface area contributed by atoms with Crippen LogP contribution in [0.25, 0.3) is 0 Å². The van der Waals surface area contributed by atoms with Crippen molar-refractivity contribution in [3.63, 3.8) is 0 Å². The first-order chi connectivity index (χ1) is 11.2. The van der Waals surface area contributed by atoms with Gasteiger partial charge < -0.3 is 19.4 Å². The van der Waals surface area contributed by atoms with E-state index in [0.717, 1.165) is 18.9 Å². The van der Waals surface area contributed by atoms with Crippen LogP contribution in [0.15, 0.2) is 30.9 Å². The van der Waals surface area contributed by atoms with Crippen molar-refractivity contribution < 1.29 is 37.3 Å². The molecular formula is C16H14F3O5-. The molecule has 130 valence electrons. The molecule has 1 aromatic carbocycles. The normalized spacial score (nSPS) is 16.5. The van der Waals surface area contributed by atoms with Crippen LogP contribution in [0, 0.1) is 0 Å². The van der Waals surface area contributed by atoms with E-state index in [-0.39, 0.29) is 0 Å². The van der Waals surface area contributed by atoms with Crippen LogP contribution in [0.2, 0.25) is 0 Å². The summed E-state index contributed by atoms with van der Waals surface area (Å²) in [6.07, 6.45) is -2.20. The molecule has 0 radical (unpaired) electrons. The minimum atomic E-state index is -4.83. The summed E-state index contributed by atoms with van der Waals surface area (Å²) in [6.45, 7) is 3.57. The van der Waals surface area contributed by atoms with Gasteiger partial charge in [-0.2, -0.15) is 13.2 Å². The smallest absolute Gasteiger partial charge is 0.514 e. The van der Waals surface area contributed by atoms with Gasteiger partial charge in [-0.1, -0.05) is 12.6 Å². The van der Waals surface area contributed by atoms with Gasteiger partial charge in [-0.3, -0.25) is 0 Å². The van der Waals surface area contributed by atoms with Gasteiger partial charge in [0, 0.05) is 5.56 Å². The minimum Gasteiger partial charge on any atom is -0.545 e. The molecular weight excluding hydrogens is 329 g/mol. The first-order valence-corrected chi connectivity index (χ1v) is 7.14. The molecule has 24 heavy (non-hydrogen) atoms. The van der Waals surface area contributed by atoms with E-state index in [1.165, 1.54) is 6.08 Å². The van der Waals surface area contributed by atoms with Crippen LogP contribution in [0.5, 0.6) is 5.75 Å². The molecule has 1 saturated carbocycles. The molecule has 0 aromatic heterocycles. The largest absolute Gasteiger partial charge is 0.545 e. The Hall–Kier alpha value is -2.51. The highest BCUT2D eigenvalue weighted by molar-refractivity contribution is 5.86. The maximum atomic E-state index is 13.0. The predicted molar refractivity (Wildman–Crippen MR) is 74.3 cm³/mol. The Balaban J connectivity index is 2.26. The Morgan fingerprint density at radius 1 is 1.25 bits per heavy atom. The van der Waals surface area contributed by atoms with Crippen molar-refractivity contribution in [1.29, 1.82) is 0 Å². The van der Waals surface area contributed by atoms with E-state index in [4.69, 9.17) is 4.74 Å². The zero-order chi connectivity index (χ0) is 18.0. The van der Waals surface area contributed by atoms with Crippen LogP contribution < -0.4 is 9.84 Å². The van der Waals surface area contributed by atoms with Gasteiger partial charge in [0.15, 0.2) is 0 Å². The summed E-state index contributed by atoms with van der Waals surface area (Å²) in [6, 6.07) is 1.81. The number of ether oxygens (including phenoxy) is 2. The molecule has 0 aliphatic heterocycles. The summed E-state index contributed by atoms with van der Waals surface area (Å²) in [5.41, 5.74) is -2.81. The van der Waals surface area contributed by atoms with Crippen molar-refractivity contribution in [3.8, 4) is 5.75 Å². The fraction of sp³-hybridized carbons (Fsp3) is 0.375. The Morgan fingerprint density at radius 2 is 1.88 bits per heavy atom. The highest BCUT2D eigenvalue weighted by atomic mass is 19.4. The maximum Gasteiger partial charge on any atom is 0.514 e. The van der Waals surface area contributed by atoms with Crippen LogP contribution in [0.1, 0.15) is 41.6 Å². The van der Waals surface area contributed by atoms with E-state index < -0.39 is 40.8 Å². The number of alkyl halides is 3. The molecule has 1 aromatic rings. The summed E-state index contributed by atoms with van der Waals surface area (Å²) < 4.78 is 48.6. The van der Waals surface area contributed by atoms with E-state index in [0.29, 0.717) is 25.0 Å². The van der Waals surface area contributed by atoms with Crippen LogP contribution in [0.3, 0.4) is 0 Å². The SMILES string of the molecule is C=CC1(OC(=O)Oc2cc(C(=O)[O-])ccc2C(F)(F)F)CCCC1. The van der Waals surface area contributed by atoms with E-state index in [1.54, 1.807) is 0 Å². The Bertz CT molecular complexity index is 660. The molecule has 0 spiro atoms. The molecule has 1 aliphatic rings. The number of benzene rings is 1. The third kappa shape index (κ3) is 3.87. The summed E-state index contributed by atoms with van der Waals surface area (Å²) in [4.78, 5) is 22.7. The summed E-state index contributed by atoms with van der Waals surface area (Å²) >= 11 is 0. The first kappa shape index (κ1) is 17.8. The second kappa shape index (κ2) is 6.54. The van der Waals surface area contributed by atoms with Crippen LogP contribution in [0.4, 0.5) is 18.0 Å². The molecule has 0 saturated heterocycles. The van der Waals surface area contributed by atoms with Crippen molar-refractivity contribution in [2.75, 3.05) is 0 Å². The zero-order valence-electron chi connectivity index (χ0n) is 12.5. The molecule has 8 heteroatoms. The first-order valence-electron chi connectivity index (χ1n) is 7.14. The van der Waals surface area contributed by atoms with E-state index in [9.17, 15) is 27.9 Å². The summed E-state index contributed by atoms with van der Waals surface area (Å²) in [7, 11) is 0. The van der Waals surface area contributed by atoms with Gasteiger partial charge in [0.2, 0.25) is 0 Å². The number of aromatic carboxylic acids is 1. The van der Waals surface area contributed by atoms with Gasteiger partial charge >= 0.3 is 12.3 Å². The number of hydrogen-bond donors (Lipinski definition) is 0. The molecule has 0 atom stereocenters. The monoisotopic (exact) mass is 343 g/mol. The summed E-state index contributed by atoms with van der Waals surface area (Å²) in [5, 5.41) is 10.8. The number of rotatable bonds is 4. The van der Waals surface area contributed by atoms with Gasteiger partial charge in [-0.15, -0.1) is 0 Å². The van der Waals surface area contributed by atoms with E-state index >= 15 is 0 Å². The fourth-order valence-corrected chi connectivity index (χ4v) is 2.57. The molecule has 1 aliphatic carbocycles. The maximum absolute atomic E-state index is 13.0. The topological polar surface area (TPSA) is 75.7 Å². The number of halogens is 3. The molecule has 1 fully saturated rings. The number of carboxylic acids is 1. The van der Waals surface area contributed by atoms with Gasteiger partial charge in [0.1, 0.15) is 11.4 Å². The van der Waals surface area contributed by atoms with Crippen molar-refractivity contribution >= 4 is 12.1 Å². The number of carbonyl (C=O) groups is 2. The van der Waals surface area contributed by atoms with Crippen LogP contribution in [-0.2, 0) is 10.9 Å². The lowest BCUT2D eigenvalue weighted by Gasteiger charge is -2.24. The Kier molecular flexibility index (Phi) is 4.86. The van der Waals surface area contributed by atoms with Crippen molar-refractivity contribution in [2.24, 2.45) is 0 Å². The number of carbonyl (C=O) groups excluding carboxylic acids is 2.